The quantitative estimate of drug-likeness (QED) is 0.622. The minimum Gasteiger partial charge on any atom is -0.314 e. The Morgan fingerprint density at radius 3 is 2.88 bits per heavy atom. The first-order chi connectivity index (χ1) is 7.74. The van der Waals surface area contributed by atoms with Crippen molar-refractivity contribution in [3.8, 4) is 0 Å². The van der Waals surface area contributed by atoms with Crippen LogP contribution in [0.3, 0.4) is 0 Å². The van der Waals surface area contributed by atoms with Crippen LogP contribution in [-0.4, -0.2) is 63.7 Å². The summed E-state index contributed by atoms with van der Waals surface area (Å²) in [7, 11) is 1.65. The molecule has 0 saturated carbocycles. The van der Waals surface area contributed by atoms with Gasteiger partial charge in [0.1, 0.15) is 0 Å². The number of carbonyl (C=O) groups excluding carboxylic acids is 1. The molecule has 0 aromatic carbocycles. The number of tetrazole rings is 1. The van der Waals surface area contributed by atoms with E-state index in [-0.39, 0.29) is 11.9 Å². The van der Waals surface area contributed by atoms with Crippen LogP contribution in [0.25, 0.3) is 0 Å². The van der Waals surface area contributed by atoms with E-state index in [2.05, 4.69) is 30.9 Å². The van der Waals surface area contributed by atoms with Crippen LogP contribution in [0.15, 0.2) is 0 Å². The summed E-state index contributed by atoms with van der Waals surface area (Å²) in [6, 6.07) is 0. The Morgan fingerprint density at radius 2 is 2.25 bits per heavy atom. The summed E-state index contributed by atoms with van der Waals surface area (Å²) in [5.74, 6) is 0.150. The van der Waals surface area contributed by atoms with Crippen LogP contribution in [0.5, 0.6) is 0 Å². The summed E-state index contributed by atoms with van der Waals surface area (Å²) in [6.45, 7) is 4.01. The third kappa shape index (κ3) is 2.97. The highest BCUT2D eigenvalue weighted by atomic mass is 16.2. The molecular weight excluding hydrogens is 210 g/mol. The minimum atomic E-state index is -0.102. The van der Waals surface area contributed by atoms with Gasteiger partial charge in [0.2, 0.25) is 5.91 Å². The van der Waals surface area contributed by atoms with Gasteiger partial charge in [-0.25, -0.2) is 0 Å². The molecule has 1 aromatic heterocycles. The minimum absolute atomic E-state index is 0.102. The SMILES string of the molecule is Cn1nnc(NC(=O)CN2CCNCC2)n1. The Balaban J connectivity index is 1.79. The van der Waals surface area contributed by atoms with E-state index in [1.54, 1.807) is 7.05 Å². The fourth-order valence-electron chi connectivity index (χ4n) is 1.57. The number of hydrogen-bond acceptors (Lipinski definition) is 6. The van der Waals surface area contributed by atoms with Crippen LogP contribution in [-0.2, 0) is 11.8 Å². The van der Waals surface area contributed by atoms with Crippen LogP contribution in [0, 0.1) is 0 Å². The van der Waals surface area contributed by atoms with Crippen LogP contribution < -0.4 is 10.6 Å². The van der Waals surface area contributed by atoms with E-state index < -0.39 is 0 Å². The summed E-state index contributed by atoms with van der Waals surface area (Å²) >= 11 is 0. The van der Waals surface area contributed by atoms with Gasteiger partial charge < -0.3 is 5.32 Å². The molecule has 8 nitrogen and oxygen atoms in total. The van der Waals surface area contributed by atoms with Crippen molar-refractivity contribution in [2.24, 2.45) is 7.05 Å². The van der Waals surface area contributed by atoms with Crippen molar-refractivity contribution in [2.45, 2.75) is 0 Å². The first-order valence-electron chi connectivity index (χ1n) is 5.21. The average Bonchev–Trinajstić information content (AvgIpc) is 2.65. The van der Waals surface area contributed by atoms with Gasteiger partial charge in [-0.1, -0.05) is 5.10 Å². The fraction of sp³-hybridized carbons (Fsp3) is 0.750. The first kappa shape index (κ1) is 11.0. The second-order valence-electron chi connectivity index (χ2n) is 3.68. The number of nitrogens with one attached hydrogen (secondary N) is 2. The summed E-state index contributed by atoms with van der Waals surface area (Å²) in [5.41, 5.74) is 0. The van der Waals surface area contributed by atoms with Crippen molar-refractivity contribution in [3.05, 3.63) is 0 Å². The Bertz CT molecular complexity index is 357. The number of piperazine rings is 1. The molecule has 2 heterocycles. The number of rotatable bonds is 3. The zero-order valence-electron chi connectivity index (χ0n) is 9.18. The van der Waals surface area contributed by atoms with Crippen molar-refractivity contribution < 1.29 is 4.79 Å². The molecule has 1 saturated heterocycles. The zero-order chi connectivity index (χ0) is 11.4. The van der Waals surface area contributed by atoms with Gasteiger partial charge >= 0.3 is 0 Å². The van der Waals surface area contributed by atoms with Gasteiger partial charge in [-0.15, -0.1) is 5.10 Å². The van der Waals surface area contributed by atoms with Gasteiger partial charge in [0.05, 0.1) is 13.6 Å². The van der Waals surface area contributed by atoms with E-state index in [1.807, 2.05) is 0 Å². The lowest BCUT2D eigenvalue weighted by Gasteiger charge is -2.26. The Labute approximate surface area is 93.0 Å². The molecule has 0 unspecified atom stereocenters. The molecule has 2 rings (SSSR count). The van der Waals surface area contributed by atoms with E-state index in [0.717, 1.165) is 26.2 Å². The second-order valence-corrected chi connectivity index (χ2v) is 3.68. The predicted octanol–water partition coefficient (Wildman–Crippen LogP) is -1.95. The predicted molar refractivity (Wildman–Crippen MR) is 56.7 cm³/mol. The maximum Gasteiger partial charge on any atom is 0.270 e. The number of anilines is 1. The lowest BCUT2D eigenvalue weighted by Crippen LogP contribution is -2.46. The molecule has 0 spiro atoms. The smallest absolute Gasteiger partial charge is 0.270 e. The number of carbonyl (C=O) groups is 1. The highest BCUT2D eigenvalue weighted by Crippen LogP contribution is 1.95. The molecule has 1 aromatic rings. The molecular formula is C8H15N7O. The van der Waals surface area contributed by atoms with Gasteiger partial charge in [0.15, 0.2) is 0 Å². The summed E-state index contributed by atoms with van der Waals surface area (Å²) in [4.78, 5) is 15.0. The molecule has 88 valence electrons. The molecule has 16 heavy (non-hydrogen) atoms. The summed E-state index contributed by atoms with van der Waals surface area (Å²) in [6.07, 6.45) is 0. The van der Waals surface area contributed by atoms with Gasteiger partial charge in [0.25, 0.3) is 5.95 Å². The first-order valence-corrected chi connectivity index (χ1v) is 5.21. The molecule has 1 aliphatic heterocycles. The maximum absolute atomic E-state index is 11.6. The molecule has 1 aliphatic rings. The standard InChI is InChI=1S/C8H15N7O/c1-14-12-8(11-13-14)10-7(16)6-15-4-2-9-3-5-15/h9H,2-6H2,1H3,(H,10,12,16). The average molecular weight is 225 g/mol. The number of aromatic nitrogens is 4. The van der Waals surface area contributed by atoms with E-state index in [0.29, 0.717) is 6.54 Å². The molecule has 0 atom stereocenters. The van der Waals surface area contributed by atoms with E-state index in [4.69, 9.17) is 0 Å². The third-order valence-electron chi connectivity index (χ3n) is 2.34. The summed E-state index contributed by atoms with van der Waals surface area (Å²) < 4.78 is 0. The molecule has 2 N–H and O–H groups in total. The largest absolute Gasteiger partial charge is 0.314 e. The highest BCUT2D eigenvalue weighted by molar-refractivity contribution is 5.90. The van der Waals surface area contributed by atoms with Gasteiger partial charge in [-0.3, -0.25) is 15.0 Å². The number of amides is 1. The van der Waals surface area contributed by atoms with Crippen molar-refractivity contribution in [1.82, 2.24) is 30.4 Å². The molecule has 0 radical (unpaired) electrons. The third-order valence-corrected chi connectivity index (χ3v) is 2.34. The Hall–Kier alpha value is -1.54. The zero-order valence-corrected chi connectivity index (χ0v) is 9.18. The van der Waals surface area contributed by atoms with Crippen molar-refractivity contribution in [2.75, 3.05) is 38.0 Å². The molecule has 1 fully saturated rings. The molecule has 0 bridgehead atoms. The second kappa shape index (κ2) is 4.99. The van der Waals surface area contributed by atoms with Crippen LogP contribution >= 0.6 is 0 Å². The van der Waals surface area contributed by atoms with Gasteiger partial charge in [-0.05, 0) is 5.21 Å². The van der Waals surface area contributed by atoms with E-state index in [1.165, 1.54) is 4.80 Å². The topological polar surface area (TPSA) is 88.0 Å². The van der Waals surface area contributed by atoms with E-state index in [9.17, 15) is 4.79 Å². The monoisotopic (exact) mass is 225 g/mol. The lowest BCUT2D eigenvalue weighted by molar-refractivity contribution is -0.117. The van der Waals surface area contributed by atoms with Gasteiger partial charge in [0, 0.05) is 26.2 Å². The molecule has 8 heteroatoms. The van der Waals surface area contributed by atoms with Crippen LogP contribution in [0.2, 0.25) is 0 Å². The normalized spacial score (nSPS) is 17.3. The number of nitrogens with zero attached hydrogens (tertiary/aromatic N) is 5. The van der Waals surface area contributed by atoms with Crippen LogP contribution in [0.4, 0.5) is 5.95 Å². The highest BCUT2D eigenvalue weighted by Gasteiger charge is 2.14. The van der Waals surface area contributed by atoms with Gasteiger partial charge in [-0.2, -0.15) is 4.80 Å². The number of hydrogen-bond donors (Lipinski definition) is 2. The molecule has 0 aliphatic carbocycles. The van der Waals surface area contributed by atoms with Crippen molar-refractivity contribution in [1.29, 1.82) is 0 Å². The maximum atomic E-state index is 11.6. The van der Waals surface area contributed by atoms with E-state index >= 15 is 0 Å². The van der Waals surface area contributed by atoms with Crippen molar-refractivity contribution in [3.63, 3.8) is 0 Å². The van der Waals surface area contributed by atoms with Crippen molar-refractivity contribution >= 4 is 11.9 Å². The summed E-state index contributed by atoms with van der Waals surface area (Å²) in [5, 5.41) is 17.0. The molecule has 1 amide bonds. The van der Waals surface area contributed by atoms with Crippen LogP contribution in [0.1, 0.15) is 0 Å². The number of aryl methyl sites for hydroxylation is 1. The Morgan fingerprint density at radius 1 is 1.50 bits per heavy atom. The Kier molecular flexibility index (Phi) is 3.42. The fourth-order valence-corrected chi connectivity index (χ4v) is 1.57. The lowest BCUT2D eigenvalue weighted by atomic mass is 10.3.